The van der Waals surface area contributed by atoms with Crippen molar-refractivity contribution < 1.29 is 20.1 Å². The molecule has 3 N–H and O–H groups in total. The zero-order valence-corrected chi connectivity index (χ0v) is 10.6. The highest BCUT2D eigenvalue weighted by Crippen LogP contribution is 2.28. The van der Waals surface area contributed by atoms with Gasteiger partial charge in [0.15, 0.2) is 0 Å². The van der Waals surface area contributed by atoms with E-state index < -0.39 is 6.10 Å². The molecule has 102 valence electrons. The van der Waals surface area contributed by atoms with E-state index in [2.05, 4.69) is 0 Å². The summed E-state index contributed by atoms with van der Waals surface area (Å²) in [5.41, 5.74) is 1.13. The molecule has 4 heteroatoms. The van der Waals surface area contributed by atoms with Crippen molar-refractivity contribution in [2.24, 2.45) is 0 Å². The maximum atomic E-state index is 9.25. The molecule has 1 aromatic rings. The lowest BCUT2D eigenvalue weighted by atomic mass is 9.92. The summed E-state index contributed by atoms with van der Waals surface area (Å²) in [7, 11) is 0. The quantitative estimate of drug-likeness (QED) is 0.755. The van der Waals surface area contributed by atoms with Crippen LogP contribution in [0.3, 0.4) is 0 Å². The third kappa shape index (κ3) is 3.59. The molecule has 1 aromatic carbocycles. The van der Waals surface area contributed by atoms with Gasteiger partial charge in [-0.2, -0.15) is 0 Å². The molecule has 1 aliphatic carbocycles. The number of hydrogen-bond donors (Lipinski definition) is 3. The van der Waals surface area contributed by atoms with E-state index >= 15 is 0 Å². The first-order valence-electron chi connectivity index (χ1n) is 6.28. The van der Waals surface area contributed by atoms with Crippen LogP contribution in [0.15, 0.2) is 48.3 Å². The molecule has 2 rings (SSSR count). The number of allylic oxidation sites excluding steroid dienone is 3. The Bertz CT molecular complexity index is 458. The molecular weight excluding hydrogens is 244 g/mol. The Balaban J connectivity index is 1.96. The summed E-state index contributed by atoms with van der Waals surface area (Å²) in [6, 6.07) is 7.14. The molecule has 0 saturated carbocycles. The van der Waals surface area contributed by atoms with Crippen LogP contribution in [-0.2, 0) is 4.74 Å². The Hall–Kier alpha value is -1.78. The van der Waals surface area contributed by atoms with Crippen molar-refractivity contribution >= 4 is 0 Å². The van der Waals surface area contributed by atoms with Gasteiger partial charge < -0.3 is 20.1 Å². The summed E-state index contributed by atoms with van der Waals surface area (Å²) >= 11 is 0. The number of benzene rings is 1. The van der Waals surface area contributed by atoms with Crippen molar-refractivity contribution in [2.45, 2.75) is 18.4 Å². The van der Waals surface area contributed by atoms with Gasteiger partial charge >= 0.3 is 0 Å². The molecule has 0 heterocycles. The van der Waals surface area contributed by atoms with Gasteiger partial charge in [0.25, 0.3) is 0 Å². The lowest BCUT2D eigenvalue weighted by Gasteiger charge is -2.20. The third-order valence-corrected chi connectivity index (χ3v) is 3.10. The van der Waals surface area contributed by atoms with Crippen LogP contribution in [0.25, 0.3) is 0 Å². The van der Waals surface area contributed by atoms with E-state index in [4.69, 9.17) is 14.9 Å². The van der Waals surface area contributed by atoms with Gasteiger partial charge in [-0.25, -0.2) is 0 Å². The third-order valence-electron chi connectivity index (χ3n) is 3.10. The van der Waals surface area contributed by atoms with E-state index in [0.29, 0.717) is 5.76 Å². The second-order valence-electron chi connectivity index (χ2n) is 4.50. The smallest absolute Gasteiger partial charge is 0.145 e. The van der Waals surface area contributed by atoms with Crippen LogP contribution < -0.4 is 0 Å². The summed E-state index contributed by atoms with van der Waals surface area (Å²) in [5.74, 6) is 1.19. The largest absolute Gasteiger partial charge is 0.508 e. The molecule has 19 heavy (non-hydrogen) atoms. The van der Waals surface area contributed by atoms with Gasteiger partial charge in [0, 0.05) is 5.92 Å². The molecule has 1 aliphatic rings. The predicted molar refractivity (Wildman–Crippen MR) is 71.7 cm³/mol. The number of ether oxygens (including phenoxy) is 1. The van der Waals surface area contributed by atoms with E-state index in [1.54, 1.807) is 12.1 Å². The zero-order chi connectivity index (χ0) is 13.7. The van der Waals surface area contributed by atoms with E-state index in [-0.39, 0.29) is 24.9 Å². The standard InChI is InChI=1S/C15H18O4/c16-9-15(10-17)19-14-7-3-12(4-8-14)11-1-5-13(18)6-2-11/h1-3,5-8,12,15-18H,4,9-10H2. The molecule has 0 amide bonds. The van der Waals surface area contributed by atoms with E-state index in [0.717, 1.165) is 12.0 Å². The van der Waals surface area contributed by atoms with Gasteiger partial charge in [-0.15, -0.1) is 0 Å². The number of phenolic OH excluding ortho intramolecular Hbond substituents is 1. The maximum Gasteiger partial charge on any atom is 0.145 e. The molecule has 0 spiro atoms. The molecule has 0 bridgehead atoms. The lowest BCUT2D eigenvalue weighted by molar-refractivity contribution is 0.0215. The van der Waals surface area contributed by atoms with E-state index in [1.807, 2.05) is 30.4 Å². The molecule has 1 atom stereocenters. The van der Waals surface area contributed by atoms with Crippen molar-refractivity contribution in [1.82, 2.24) is 0 Å². The topological polar surface area (TPSA) is 69.9 Å². The minimum Gasteiger partial charge on any atom is -0.508 e. The fourth-order valence-electron chi connectivity index (χ4n) is 1.98. The van der Waals surface area contributed by atoms with Crippen molar-refractivity contribution in [1.29, 1.82) is 0 Å². The van der Waals surface area contributed by atoms with E-state index in [9.17, 15) is 5.11 Å². The SMILES string of the molecule is OCC(CO)OC1=CCC(c2ccc(O)cc2)C=C1. The van der Waals surface area contributed by atoms with Crippen molar-refractivity contribution in [3.05, 3.63) is 53.8 Å². The normalized spacial score (nSPS) is 18.5. The van der Waals surface area contributed by atoms with Gasteiger partial charge in [0.05, 0.1) is 13.2 Å². The molecule has 0 saturated heterocycles. The molecule has 0 aliphatic heterocycles. The number of rotatable bonds is 5. The Kier molecular flexibility index (Phi) is 4.60. The molecular formula is C15H18O4. The molecule has 0 aromatic heterocycles. The van der Waals surface area contributed by atoms with Crippen LogP contribution in [-0.4, -0.2) is 34.6 Å². The Morgan fingerprint density at radius 3 is 2.37 bits per heavy atom. The average Bonchev–Trinajstić information content (AvgIpc) is 2.46. The highest BCUT2D eigenvalue weighted by Gasteiger charge is 2.14. The number of phenols is 1. The van der Waals surface area contributed by atoms with Gasteiger partial charge in [0.1, 0.15) is 17.6 Å². The minimum absolute atomic E-state index is 0.205. The monoisotopic (exact) mass is 262 g/mol. The van der Waals surface area contributed by atoms with Crippen LogP contribution in [0.5, 0.6) is 5.75 Å². The summed E-state index contributed by atoms with van der Waals surface area (Å²) in [5, 5.41) is 27.2. The minimum atomic E-state index is -0.568. The van der Waals surface area contributed by atoms with E-state index in [1.165, 1.54) is 0 Å². The molecule has 0 fully saturated rings. The first-order valence-corrected chi connectivity index (χ1v) is 6.28. The number of aliphatic hydroxyl groups is 2. The Labute approximate surface area is 112 Å². The van der Waals surface area contributed by atoms with Gasteiger partial charge in [-0.05, 0) is 36.3 Å². The number of aromatic hydroxyl groups is 1. The summed E-state index contributed by atoms with van der Waals surface area (Å²) in [4.78, 5) is 0. The summed E-state index contributed by atoms with van der Waals surface area (Å²) < 4.78 is 5.43. The maximum absolute atomic E-state index is 9.25. The fraction of sp³-hybridized carbons (Fsp3) is 0.333. The van der Waals surface area contributed by atoms with Crippen molar-refractivity contribution in [3.8, 4) is 5.75 Å². The lowest BCUT2D eigenvalue weighted by Crippen LogP contribution is -2.21. The first-order chi connectivity index (χ1) is 9.22. The second-order valence-corrected chi connectivity index (χ2v) is 4.50. The second kappa shape index (κ2) is 6.41. The average molecular weight is 262 g/mol. The number of hydrogen-bond acceptors (Lipinski definition) is 4. The fourth-order valence-corrected chi connectivity index (χ4v) is 1.98. The molecule has 4 nitrogen and oxygen atoms in total. The zero-order valence-electron chi connectivity index (χ0n) is 10.6. The Morgan fingerprint density at radius 2 is 1.84 bits per heavy atom. The van der Waals surface area contributed by atoms with Gasteiger partial charge in [-0.1, -0.05) is 18.2 Å². The van der Waals surface area contributed by atoms with Crippen LogP contribution in [0, 0.1) is 0 Å². The van der Waals surface area contributed by atoms with Crippen LogP contribution in [0.2, 0.25) is 0 Å². The van der Waals surface area contributed by atoms with Crippen molar-refractivity contribution in [2.75, 3.05) is 13.2 Å². The molecule has 1 unspecified atom stereocenters. The van der Waals surface area contributed by atoms with Gasteiger partial charge in [0.2, 0.25) is 0 Å². The van der Waals surface area contributed by atoms with Crippen LogP contribution >= 0.6 is 0 Å². The highest BCUT2D eigenvalue weighted by atomic mass is 16.5. The summed E-state index contributed by atoms with van der Waals surface area (Å²) in [6.07, 6.45) is 6.03. The highest BCUT2D eigenvalue weighted by molar-refractivity contribution is 5.34. The Morgan fingerprint density at radius 1 is 1.16 bits per heavy atom. The van der Waals surface area contributed by atoms with Crippen LogP contribution in [0.1, 0.15) is 17.9 Å². The van der Waals surface area contributed by atoms with Gasteiger partial charge in [-0.3, -0.25) is 0 Å². The first kappa shape index (κ1) is 13.6. The van der Waals surface area contributed by atoms with Crippen molar-refractivity contribution in [3.63, 3.8) is 0 Å². The predicted octanol–water partition coefficient (Wildman–Crippen LogP) is 1.69. The molecule has 0 radical (unpaired) electrons. The van der Waals surface area contributed by atoms with Crippen LogP contribution in [0.4, 0.5) is 0 Å². The summed E-state index contributed by atoms with van der Waals surface area (Å²) in [6.45, 7) is -0.411. The number of aliphatic hydroxyl groups excluding tert-OH is 2.